The van der Waals surface area contributed by atoms with Crippen molar-refractivity contribution < 1.29 is 19.1 Å². The summed E-state index contributed by atoms with van der Waals surface area (Å²) in [6.07, 6.45) is 15.3. The number of fused-ring (bicyclic) bond motifs is 1. The van der Waals surface area contributed by atoms with Crippen LogP contribution in [0.25, 0.3) is 9.53 Å². The van der Waals surface area contributed by atoms with E-state index >= 15 is 0 Å². The largest absolute Gasteiger partial charge is 0.494 e. The smallest absolute Gasteiger partial charge is 0.330 e. The van der Waals surface area contributed by atoms with Gasteiger partial charge in [0.15, 0.2) is 5.78 Å². The maximum atomic E-state index is 12.8. The third-order valence-corrected chi connectivity index (χ3v) is 9.64. The van der Waals surface area contributed by atoms with Gasteiger partial charge in [-0.1, -0.05) is 100 Å². The number of thiazole rings is 1. The highest BCUT2D eigenvalue weighted by Crippen LogP contribution is 2.36. The third-order valence-electron chi connectivity index (χ3n) is 7.60. The molecule has 0 saturated carbocycles. The molecule has 2 aromatic carbocycles. The zero-order valence-corrected chi connectivity index (χ0v) is 28.5. The number of benzene rings is 2. The molecule has 2 heterocycles. The number of unbranched alkanes of at least 4 members (excludes halogenated alkanes) is 9. The Morgan fingerprint density at radius 1 is 0.826 bits per heavy atom. The Morgan fingerprint density at radius 2 is 1.50 bits per heavy atom. The first-order chi connectivity index (χ1) is 22.5. The number of hydrogen-bond acceptors (Lipinski definition) is 9. The standard InChI is InChI=1S/C37H45N3O4S2/c1-3-5-15-28-16-18-29(19-17-28)32(41)26-34-38-37-33(45-34)27-35(46-37)40-39-30-20-22-31(23-21-30)43-24-13-11-9-7-6-8-10-12-14-25-44-36(42)4-2/h4,16-23,27H,2-3,5-15,24-26H2,1H3. The van der Waals surface area contributed by atoms with Crippen molar-refractivity contribution in [3.05, 3.63) is 83.4 Å². The van der Waals surface area contributed by atoms with Crippen LogP contribution in [0.3, 0.4) is 0 Å². The Labute approximate surface area is 280 Å². The minimum Gasteiger partial charge on any atom is -0.494 e. The van der Waals surface area contributed by atoms with Crippen LogP contribution in [0, 0.1) is 0 Å². The van der Waals surface area contributed by atoms with Gasteiger partial charge in [-0.15, -0.1) is 21.6 Å². The lowest BCUT2D eigenvalue weighted by Crippen LogP contribution is -2.03. The van der Waals surface area contributed by atoms with Crippen LogP contribution in [0.1, 0.15) is 98.5 Å². The van der Waals surface area contributed by atoms with Crippen LogP contribution in [0.2, 0.25) is 0 Å². The maximum absolute atomic E-state index is 12.8. The quantitative estimate of drug-likeness (QED) is 0.0275. The molecule has 0 atom stereocenters. The first-order valence-corrected chi connectivity index (χ1v) is 18.1. The van der Waals surface area contributed by atoms with E-state index in [9.17, 15) is 9.59 Å². The number of esters is 1. The van der Waals surface area contributed by atoms with E-state index in [2.05, 4.69) is 40.8 Å². The van der Waals surface area contributed by atoms with Gasteiger partial charge in [0, 0.05) is 11.6 Å². The molecule has 9 heteroatoms. The molecular weight excluding hydrogens is 615 g/mol. The normalized spacial score (nSPS) is 11.3. The van der Waals surface area contributed by atoms with Crippen molar-refractivity contribution in [1.82, 2.24) is 4.98 Å². The molecule has 244 valence electrons. The molecule has 0 aliphatic heterocycles. The van der Waals surface area contributed by atoms with Crippen LogP contribution in [0.15, 0.2) is 77.5 Å². The Kier molecular flexibility index (Phi) is 15.1. The number of carbonyl (C=O) groups is 2. The molecular formula is C37H45N3O4S2. The van der Waals surface area contributed by atoms with E-state index < -0.39 is 0 Å². The monoisotopic (exact) mass is 659 g/mol. The van der Waals surface area contributed by atoms with Crippen LogP contribution in [-0.4, -0.2) is 30.0 Å². The van der Waals surface area contributed by atoms with Gasteiger partial charge in [-0.3, -0.25) is 4.79 Å². The molecule has 0 radical (unpaired) electrons. The Morgan fingerprint density at radius 3 is 2.15 bits per heavy atom. The predicted molar refractivity (Wildman–Crippen MR) is 189 cm³/mol. The summed E-state index contributed by atoms with van der Waals surface area (Å²) in [5.41, 5.74) is 2.78. The second-order valence-corrected chi connectivity index (χ2v) is 13.5. The summed E-state index contributed by atoms with van der Waals surface area (Å²) < 4.78 is 11.9. The summed E-state index contributed by atoms with van der Waals surface area (Å²) in [7, 11) is 0. The van der Waals surface area contributed by atoms with Crippen LogP contribution in [-0.2, 0) is 22.4 Å². The molecule has 0 bridgehead atoms. The molecule has 46 heavy (non-hydrogen) atoms. The number of thiophene rings is 1. The van der Waals surface area contributed by atoms with Gasteiger partial charge in [0.05, 0.1) is 30.0 Å². The van der Waals surface area contributed by atoms with E-state index in [-0.39, 0.29) is 11.8 Å². The summed E-state index contributed by atoms with van der Waals surface area (Å²) >= 11 is 3.03. The average molecular weight is 660 g/mol. The van der Waals surface area contributed by atoms with Crippen molar-refractivity contribution in [1.29, 1.82) is 0 Å². The average Bonchev–Trinajstić information content (AvgIpc) is 3.63. The van der Waals surface area contributed by atoms with Gasteiger partial charge < -0.3 is 9.47 Å². The van der Waals surface area contributed by atoms with Gasteiger partial charge in [0.25, 0.3) is 0 Å². The fourth-order valence-corrected chi connectivity index (χ4v) is 7.00. The van der Waals surface area contributed by atoms with Crippen molar-refractivity contribution in [2.45, 2.75) is 90.4 Å². The molecule has 0 amide bonds. The van der Waals surface area contributed by atoms with Gasteiger partial charge in [-0.05, 0) is 61.6 Å². The number of ketones is 1. The fraction of sp³-hybridized carbons (Fsp3) is 0.432. The molecule has 0 saturated heterocycles. The number of hydrogen-bond donors (Lipinski definition) is 0. The zero-order valence-electron chi connectivity index (χ0n) is 26.9. The second kappa shape index (κ2) is 19.7. The van der Waals surface area contributed by atoms with Crippen molar-refractivity contribution in [3.63, 3.8) is 0 Å². The van der Waals surface area contributed by atoms with Crippen molar-refractivity contribution in [2.75, 3.05) is 13.2 Å². The van der Waals surface area contributed by atoms with E-state index in [1.165, 1.54) is 67.9 Å². The highest BCUT2D eigenvalue weighted by atomic mass is 32.1. The topological polar surface area (TPSA) is 90.2 Å². The fourth-order valence-electron chi connectivity index (χ4n) is 4.95. The lowest BCUT2D eigenvalue weighted by atomic mass is 10.0. The number of carbonyl (C=O) groups excluding carboxylic acids is 2. The molecule has 0 unspecified atom stereocenters. The summed E-state index contributed by atoms with van der Waals surface area (Å²) in [4.78, 5) is 29.3. The molecule has 7 nitrogen and oxygen atoms in total. The molecule has 4 rings (SSSR count). The van der Waals surface area contributed by atoms with Gasteiger partial charge in [-0.2, -0.15) is 0 Å². The first-order valence-electron chi connectivity index (χ1n) is 16.5. The Balaban J connectivity index is 1.09. The van der Waals surface area contributed by atoms with E-state index in [1.54, 1.807) is 11.3 Å². The summed E-state index contributed by atoms with van der Waals surface area (Å²) in [6, 6.07) is 17.7. The number of rotatable bonds is 22. The van der Waals surface area contributed by atoms with Crippen molar-refractivity contribution in [3.8, 4) is 5.75 Å². The Hall–Kier alpha value is -3.69. The van der Waals surface area contributed by atoms with E-state index in [0.29, 0.717) is 19.6 Å². The minimum atomic E-state index is -0.336. The molecule has 2 aromatic heterocycles. The molecule has 0 spiro atoms. The molecule has 0 aliphatic rings. The number of ether oxygens (including phenoxy) is 2. The summed E-state index contributed by atoms with van der Waals surface area (Å²) in [5.74, 6) is 0.600. The molecule has 0 N–H and O–H groups in total. The van der Waals surface area contributed by atoms with Gasteiger partial charge in [0.1, 0.15) is 20.6 Å². The van der Waals surface area contributed by atoms with E-state index in [0.717, 1.165) is 68.6 Å². The van der Waals surface area contributed by atoms with E-state index in [1.807, 2.05) is 42.5 Å². The van der Waals surface area contributed by atoms with Gasteiger partial charge in [-0.25, -0.2) is 9.78 Å². The maximum Gasteiger partial charge on any atom is 0.330 e. The Bertz CT molecular complexity index is 1510. The number of nitrogens with zero attached hydrogens (tertiary/aromatic N) is 3. The minimum absolute atomic E-state index is 0.0948. The van der Waals surface area contributed by atoms with Crippen LogP contribution < -0.4 is 4.74 Å². The van der Waals surface area contributed by atoms with Crippen LogP contribution >= 0.6 is 22.7 Å². The molecule has 0 aliphatic carbocycles. The number of aromatic nitrogens is 1. The van der Waals surface area contributed by atoms with Crippen molar-refractivity contribution >= 4 is 54.6 Å². The van der Waals surface area contributed by atoms with Gasteiger partial charge >= 0.3 is 5.97 Å². The summed E-state index contributed by atoms with van der Waals surface area (Å²) in [5, 5.41) is 10.4. The second-order valence-electron chi connectivity index (χ2n) is 11.4. The first kappa shape index (κ1) is 35.2. The number of Topliss-reactive ketones (excluding diaryl/α,β-unsaturated/α-hetero) is 1. The highest BCUT2D eigenvalue weighted by molar-refractivity contribution is 7.29. The molecule has 0 fully saturated rings. The zero-order chi connectivity index (χ0) is 32.4. The van der Waals surface area contributed by atoms with Crippen LogP contribution in [0.4, 0.5) is 10.7 Å². The number of azo groups is 1. The van der Waals surface area contributed by atoms with Gasteiger partial charge in [0.2, 0.25) is 0 Å². The summed E-state index contributed by atoms with van der Waals surface area (Å²) in [6.45, 7) is 6.78. The third kappa shape index (κ3) is 12.2. The SMILES string of the molecule is C=CC(=O)OCCCCCCCCCCCOc1ccc(N=Nc2cc3sc(CC(=O)c4ccc(CCCC)cc4)nc3s2)cc1. The lowest BCUT2D eigenvalue weighted by molar-refractivity contribution is -0.137. The highest BCUT2D eigenvalue weighted by Gasteiger charge is 2.13. The lowest BCUT2D eigenvalue weighted by Gasteiger charge is -2.06. The predicted octanol–water partition coefficient (Wildman–Crippen LogP) is 11.2. The van der Waals surface area contributed by atoms with Crippen LogP contribution in [0.5, 0.6) is 5.75 Å². The molecule has 4 aromatic rings. The number of aryl methyl sites for hydroxylation is 1. The van der Waals surface area contributed by atoms with Crippen molar-refractivity contribution in [2.24, 2.45) is 10.2 Å². The van der Waals surface area contributed by atoms with E-state index in [4.69, 9.17) is 9.47 Å².